The van der Waals surface area contributed by atoms with Crippen molar-refractivity contribution in [3.63, 3.8) is 0 Å². The molecule has 98 valence electrons. The van der Waals surface area contributed by atoms with Crippen molar-refractivity contribution in [1.82, 2.24) is 0 Å². The molecule has 0 saturated heterocycles. The van der Waals surface area contributed by atoms with Crippen molar-refractivity contribution in [1.29, 1.82) is 0 Å². The Morgan fingerprint density at radius 1 is 0.947 bits per heavy atom. The third-order valence-electron chi connectivity index (χ3n) is 2.54. The second-order valence-corrected chi connectivity index (χ2v) is 4.03. The van der Waals surface area contributed by atoms with E-state index in [1.165, 1.54) is 12.1 Å². The second-order valence-electron chi connectivity index (χ2n) is 4.03. The van der Waals surface area contributed by atoms with Crippen molar-refractivity contribution in [3.05, 3.63) is 48.0 Å². The highest BCUT2D eigenvalue weighted by molar-refractivity contribution is 5.57. The Bertz CT molecular complexity index is 612. The lowest BCUT2D eigenvalue weighted by molar-refractivity contribution is -1.19. The first-order valence-corrected chi connectivity index (χ1v) is 5.63. The number of nitrogens with zero attached hydrogens (tertiary/aromatic N) is 2. The zero-order valence-electron chi connectivity index (χ0n) is 10.3. The lowest BCUT2D eigenvalue weighted by Gasteiger charge is -2.03. The first kappa shape index (κ1) is 13.2. The number of azo groups is 1. The van der Waals surface area contributed by atoms with E-state index in [4.69, 9.17) is 10.4 Å². The Morgan fingerprint density at radius 3 is 2.37 bits per heavy atom. The molecule has 0 spiro atoms. The highest BCUT2D eigenvalue weighted by Gasteiger charge is 2.11. The summed E-state index contributed by atoms with van der Waals surface area (Å²) >= 11 is 0. The molecule has 0 unspecified atom stereocenters. The molecule has 19 heavy (non-hydrogen) atoms. The molecule has 0 heterocycles. The van der Waals surface area contributed by atoms with Crippen LogP contribution in [0, 0.1) is 6.92 Å². The molecule has 6 heteroatoms. The van der Waals surface area contributed by atoms with E-state index >= 15 is 0 Å². The zero-order chi connectivity index (χ0) is 13.8. The van der Waals surface area contributed by atoms with Crippen LogP contribution in [0.25, 0.3) is 0 Å². The van der Waals surface area contributed by atoms with Crippen LogP contribution in [0.3, 0.4) is 0 Å². The molecule has 0 aliphatic rings. The van der Waals surface area contributed by atoms with Crippen molar-refractivity contribution >= 4 is 17.1 Å². The largest absolute Gasteiger partial charge is 0.506 e. The lowest BCUT2D eigenvalue weighted by Crippen LogP contribution is -3.01. The molecule has 2 aromatic carbocycles. The van der Waals surface area contributed by atoms with Crippen LogP contribution in [0.1, 0.15) is 5.56 Å². The number of rotatable bonds is 3. The van der Waals surface area contributed by atoms with Gasteiger partial charge in [-0.1, -0.05) is 18.2 Å². The average molecular weight is 260 g/mol. The van der Waals surface area contributed by atoms with E-state index in [-0.39, 0.29) is 11.4 Å². The molecule has 0 aliphatic heterocycles. The van der Waals surface area contributed by atoms with Gasteiger partial charge in [0.15, 0.2) is 5.69 Å². The summed E-state index contributed by atoms with van der Waals surface area (Å²) < 4.78 is 0. The van der Waals surface area contributed by atoms with Crippen molar-refractivity contribution < 1.29 is 20.7 Å². The van der Waals surface area contributed by atoms with Crippen molar-refractivity contribution in [3.8, 4) is 5.75 Å². The summed E-state index contributed by atoms with van der Waals surface area (Å²) in [5.74, 6) is 0.0176. The molecule has 0 radical (unpaired) electrons. The molecule has 2 aromatic rings. The van der Waals surface area contributed by atoms with E-state index in [0.29, 0.717) is 11.4 Å². The average Bonchev–Trinajstić information content (AvgIpc) is 2.40. The SMILES string of the molecule is Cc1ccc(O)c(N=Nc2ccccc2[NH+](O)O)c1. The van der Waals surface area contributed by atoms with Crippen LogP contribution >= 0.6 is 0 Å². The number of aromatic hydroxyl groups is 1. The van der Waals surface area contributed by atoms with E-state index in [9.17, 15) is 5.11 Å². The smallest absolute Gasteiger partial charge is 0.224 e. The highest BCUT2D eigenvalue weighted by Crippen LogP contribution is 2.30. The van der Waals surface area contributed by atoms with Gasteiger partial charge in [-0.2, -0.15) is 10.4 Å². The van der Waals surface area contributed by atoms with Gasteiger partial charge in [-0.15, -0.1) is 10.2 Å². The fraction of sp³-hybridized carbons (Fsp3) is 0.0769. The van der Waals surface area contributed by atoms with Crippen LogP contribution in [0.4, 0.5) is 17.1 Å². The quantitative estimate of drug-likeness (QED) is 0.504. The predicted molar refractivity (Wildman–Crippen MR) is 67.7 cm³/mol. The van der Waals surface area contributed by atoms with Gasteiger partial charge in [0, 0.05) is 6.07 Å². The summed E-state index contributed by atoms with van der Waals surface area (Å²) in [5, 5.41) is 34.9. The number of nitrogens with one attached hydrogen (secondary N) is 1. The third kappa shape index (κ3) is 3.14. The Labute approximate surface area is 109 Å². The van der Waals surface area contributed by atoms with Gasteiger partial charge in [0.05, 0.1) is 0 Å². The standard InChI is InChI=1S/C13H13N3O3/c1-9-6-7-13(17)11(8-9)15-14-10-4-2-3-5-12(10)16(18)19/h2-8,17-19H,1H3/p+1. The second kappa shape index (κ2) is 5.57. The van der Waals surface area contributed by atoms with E-state index in [1.54, 1.807) is 30.3 Å². The molecule has 2 rings (SSSR count). The number of hydrogen-bond acceptors (Lipinski definition) is 5. The monoisotopic (exact) mass is 260 g/mol. The lowest BCUT2D eigenvalue weighted by atomic mass is 10.2. The molecule has 0 amide bonds. The summed E-state index contributed by atoms with van der Waals surface area (Å²) in [6, 6.07) is 11.4. The van der Waals surface area contributed by atoms with Crippen molar-refractivity contribution in [2.24, 2.45) is 10.2 Å². The minimum absolute atomic E-state index is 0.0176. The molecule has 0 aliphatic carbocycles. The number of quaternary nitrogens is 1. The van der Waals surface area contributed by atoms with Gasteiger partial charge < -0.3 is 5.11 Å². The van der Waals surface area contributed by atoms with Gasteiger partial charge in [-0.3, -0.25) is 0 Å². The van der Waals surface area contributed by atoms with E-state index in [2.05, 4.69) is 10.2 Å². The number of aryl methyl sites for hydroxylation is 1. The van der Waals surface area contributed by atoms with E-state index < -0.39 is 5.23 Å². The van der Waals surface area contributed by atoms with Gasteiger partial charge >= 0.3 is 0 Å². The number of hydrogen-bond donors (Lipinski definition) is 4. The number of phenols is 1. The maximum atomic E-state index is 9.63. The molecule has 4 N–H and O–H groups in total. The maximum absolute atomic E-state index is 9.63. The third-order valence-corrected chi connectivity index (χ3v) is 2.54. The molecule has 0 bridgehead atoms. The van der Waals surface area contributed by atoms with Crippen LogP contribution in [-0.2, 0) is 0 Å². The molecular weight excluding hydrogens is 246 g/mol. The fourth-order valence-corrected chi connectivity index (χ4v) is 1.57. The van der Waals surface area contributed by atoms with Crippen LogP contribution in [0.2, 0.25) is 0 Å². The summed E-state index contributed by atoms with van der Waals surface area (Å²) in [6.45, 7) is 1.87. The summed E-state index contributed by atoms with van der Waals surface area (Å²) in [4.78, 5) is 0. The number of benzene rings is 2. The van der Waals surface area contributed by atoms with Crippen LogP contribution < -0.4 is 5.23 Å². The van der Waals surface area contributed by atoms with Gasteiger partial charge in [-0.25, -0.2) is 0 Å². The highest BCUT2D eigenvalue weighted by atomic mass is 16.8. The minimum Gasteiger partial charge on any atom is -0.506 e. The van der Waals surface area contributed by atoms with Crippen LogP contribution in [-0.4, -0.2) is 15.5 Å². The topological polar surface area (TPSA) is 89.9 Å². The van der Waals surface area contributed by atoms with Crippen LogP contribution in [0.5, 0.6) is 5.75 Å². The van der Waals surface area contributed by atoms with E-state index in [0.717, 1.165) is 5.56 Å². The Kier molecular flexibility index (Phi) is 3.86. The van der Waals surface area contributed by atoms with Crippen molar-refractivity contribution in [2.45, 2.75) is 6.92 Å². The Balaban J connectivity index is 2.35. The first-order chi connectivity index (χ1) is 9.08. The molecule has 0 atom stereocenters. The van der Waals surface area contributed by atoms with Gasteiger partial charge in [0.2, 0.25) is 5.69 Å². The summed E-state index contributed by atoms with van der Waals surface area (Å²) in [5.41, 5.74) is 1.76. The van der Waals surface area contributed by atoms with Crippen molar-refractivity contribution in [2.75, 3.05) is 0 Å². The normalized spacial score (nSPS) is 11.4. The minimum atomic E-state index is -0.817. The fourth-order valence-electron chi connectivity index (χ4n) is 1.57. The maximum Gasteiger partial charge on any atom is 0.224 e. The predicted octanol–water partition coefficient (Wildman–Crippen LogP) is 2.41. The summed E-state index contributed by atoms with van der Waals surface area (Å²) in [6.07, 6.45) is 0. The van der Waals surface area contributed by atoms with Gasteiger partial charge in [0.25, 0.3) is 0 Å². The molecule has 0 fully saturated rings. The molecule has 6 nitrogen and oxygen atoms in total. The molecular formula is C13H14N3O3+. The summed E-state index contributed by atoms with van der Waals surface area (Å²) in [7, 11) is 0. The van der Waals surface area contributed by atoms with Crippen LogP contribution in [0.15, 0.2) is 52.7 Å². The zero-order valence-corrected chi connectivity index (χ0v) is 10.3. The number of phenolic OH excluding ortho intramolecular Hbond substituents is 1. The number of para-hydroxylation sites is 1. The van der Waals surface area contributed by atoms with Gasteiger partial charge in [0.1, 0.15) is 11.4 Å². The molecule has 0 saturated carbocycles. The Hall–Kier alpha value is -2.28. The molecule has 0 aromatic heterocycles. The first-order valence-electron chi connectivity index (χ1n) is 5.63. The van der Waals surface area contributed by atoms with E-state index in [1.807, 2.05) is 6.92 Å². The Morgan fingerprint density at radius 2 is 1.63 bits per heavy atom. The van der Waals surface area contributed by atoms with Gasteiger partial charge in [-0.05, 0) is 35.9 Å².